The molecule has 0 saturated heterocycles. The summed E-state index contributed by atoms with van der Waals surface area (Å²) in [6.45, 7) is 4.06. The monoisotopic (exact) mass is 214 g/mol. The van der Waals surface area contributed by atoms with Crippen LogP contribution < -0.4 is 5.32 Å². The molecule has 0 fully saturated rings. The minimum absolute atomic E-state index is 0.855. The highest BCUT2D eigenvalue weighted by molar-refractivity contribution is 5.69. The molecule has 4 heteroatoms. The minimum Gasteiger partial charge on any atom is -0.373 e. The Morgan fingerprint density at radius 3 is 2.69 bits per heavy atom. The highest BCUT2D eigenvalue weighted by atomic mass is 15.0. The van der Waals surface area contributed by atoms with Gasteiger partial charge in [0.25, 0.3) is 0 Å². The van der Waals surface area contributed by atoms with E-state index in [1.165, 1.54) is 5.56 Å². The Bertz CT molecular complexity index is 508. The highest BCUT2D eigenvalue weighted by Crippen LogP contribution is 2.26. The molecule has 4 nitrogen and oxygen atoms in total. The Morgan fingerprint density at radius 1 is 1.19 bits per heavy atom. The maximum absolute atomic E-state index is 4.33. The van der Waals surface area contributed by atoms with Gasteiger partial charge in [-0.05, 0) is 25.5 Å². The molecule has 2 heterocycles. The van der Waals surface area contributed by atoms with Crippen LogP contribution in [-0.2, 0) is 0 Å². The van der Waals surface area contributed by atoms with Crippen LogP contribution in [0.2, 0.25) is 0 Å². The van der Waals surface area contributed by atoms with Crippen LogP contribution in [0.4, 0.5) is 5.82 Å². The lowest BCUT2D eigenvalue weighted by Gasteiger charge is -2.10. The van der Waals surface area contributed by atoms with Crippen molar-refractivity contribution in [2.45, 2.75) is 13.8 Å². The Balaban J connectivity index is 2.61. The second-order valence-corrected chi connectivity index (χ2v) is 3.64. The first-order valence-electron chi connectivity index (χ1n) is 5.14. The Kier molecular flexibility index (Phi) is 2.81. The van der Waals surface area contributed by atoms with Gasteiger partial charge in [-0.1, -0.05) is 0 Å². The minimum atomic E-state index is 0.855. The number of anilines is 1. The molecule has 0 bridgehead atoms. The van der Waals surface area contributed by atoms with E-state index < -0.39 is 0 Å². The average molecular weight is 214 g/mol. The third-order valence-corrected chi connectivity index (χ3v) is 2.62. The van der Waals surface area contributed by atoms with Crippen molar-refractivity contribution < 1.29 is 0 Å². The van der Waals surface area contributed by atoms with Gasteiger partial charge in [-0.2, -0.15) is 0 Å². The summed E-state index contributed by atoms with van der Waals surface area (Å²) in [5.41, 5.74) is 4.20. The van der Waals surface area contributed by atoms with Crippen molar-refractivity contribution in [3.05, 3.63) is 35.9 Å². The van der Waals surface area contributed by atoms with E-state index in [0.717, 1.165) is 22.6 Å². The summed E-state index contributed by atoms with van der Waals surface area (Å²) in [5, 5.41) is 3.05. The number of hydrogen-bond acceptors (Lipinski definition) is 4. The molecule has 0 saturated carbocycles. The molecule has 2 aromatic heterocycles. The van der Waals surface area contributed by atoms with Gasteiger partial charge in [0, 0.05) is 30.6 Å². The maximum Gasteiger partial charge on any atom is 0.132 e. The molecule has 0 atom stereocenters. The molecular formula is C12H14N4. The number of aryl methyl sites for hydroxylation is 1. The van der Waals surface area contributed by atoms with Crippen molar-refractivity contribution in [2.75, 3.05) is 12.4 Å². The maximum atomic E-state index is 4.33. The molecule has 0 aliphatic rings. The first-order chi connectivity index (χ1) is 7.74. The zero-order valence-corrected chi connectivity index (χ0v) is 9.65. The van der Waals surface area contributed by atoms with Gasteiger partial charge >= 0.3 is 0 Å². The van der Waals surface area contributed by atoms with Crippen molar-refractivity contribution in [3.63, 3.8) is 0 Å². The average Bonchev–Trinajstić information content (AvgIpc) is 2.31. The zero-order chi connectivity index (χ0) is 11.5. The zero-order valence-electron chi connectivity index (χ0n) is 9.65. The largest absolute Gasteiger partial charge is 0.373 e. The SMILES string of the molecule is CNc1ncnc(-c2cnccc2C)c1C. The van der Waals surface area contributed by atoms with Crippen LogP contribution in [0.3, 0.4) is 0 Å². The van der Waals surface area contributed by atoms with Crippen LogP contribution in [0.15, 0.2) is 24.8 Å². The van der Waals surface area contributed by atoms with Crippen molar-refractivity contribution in [1.82, 2.24) is 15.0 Å². The van der Waals surface area contributed by atoms with E-state index in [9.17, 15) is 0 Å². The molecule has 16 heavy (non-hydrogen) atoms. The molecule has 0 spiro atoms. The van der Waals surface area contributed by atoms with Gasteiger partial charge in [-0.3, -0.25) is 4.98 Å². The summed E-state index contributed by atoms with van der Waals surface area (Å²) in [6.07, 6.45) is 5.19. The Labute approximate surface area is 94.8 Å². The van der Waals surface area contributed by atoms with Gasteiger partial charge < -0.3 is 5.32 Å². The fraction of sp³-hybridized carbons (Fsp3) is 0.250. The third kappa shape index (κ3) is 1.74. The number of pyridine rings is 1. The van der Waals surface area contributed by atoms with Gasteiger partial charge in [0.05, 0.1) is 5.69 Å². The van der Waals surface area contributed by atoms with E-state index in [-0.39, 0.29) is 0 Å². The van der Waals surface area contributed by atoms with E-state index in [1.807, 2.05) is 26.2 Å². The predicted molar refractivity (Wildman–Crippen MR) is 64.3 cm³/mol. The van der Waals surface area contributed by atoms with E-state index in [2.05, 4.69) is 27.2 Å². The lowest BCUT2D eigenvalue weighted by molar-refractivity contribution is 1.12. The molecule has 0 unspecified atom stereocenters. The molecule has 0 amide bonds. The standard InChI is InChI=1S/C12H14N4/c1-8-4-5-14-6-10(8)11-9(2)12(13-3)16-7-15-11/h4-7H,1-3H3,(H,13,15,16). The lowest BCUT2D eigenvalue weighted by atomic mass is 10.1. The molecule has 2 aromatic rings. The summed E-state index contributed by atoms with van der Waals surface area (Å²) in [7, 11) is 1.86. The van der Waals surface area contributed by atoms with E-state index in [0.29, 0.717) is 0 Å². The van der Waals surface area contributed by atoms with Crippen molar-refractivity contribution >= 4 is 5.82 Å². The van der Waals surface area contributed by atoms with Crippen LogP contribution in [0.25, 0.3) is 11.3 Å². The number of aromatic nitrogens is 3. The molecule has 82 valence electrons. The Morgan fingerprint density at radius 2 is 2.00 bits per heavy atom. The summed E-state index contributed by atoms with van der Waals surface area (Å²) in [5.74, 6) is 0.855. The summed E-state index contributed by atoms with van der Waals surface area (Å²) in [6, 6.07) is 1.98. The first kappa shape index (κ1) is 10.5. The lowest BCUT2D eigenvalue weighted by Crippen LogP contribution is -2.00. The topological polar surface area (TPSA) is 50.7 Å². The number of rotatable bonds is 2. The normalized spacial score (nSPS) is 10.2. The van der Waals surface area contributed by atoms with Crippen LogP contribution in [0, 0.1) is 13.8 Å². The highest BCUT2D eigenvalue weighted by Gasteiger charge is 2.09. The fourth-order valence-electron chi connectivity index (χ4n) is 1.69. The Hall–Kier alpha value is -1.97. The van der Waals surface area contributed by atoms with E-state index in [1.54, 1.807) is 12.5 Å². The summed E-state index contributed by atoms with van der Waals surface area (Å²) < 4.78 is 0. The first-order valence-corrected chi connectivity index (χ1v) is 5.14. The van der Waals surface area contributed by atoms with E-state index >= 15 is 0 Å². The molecule has 0 aromatic carbocycles. The van der Waals surface area contributed by atoms with Crippen molar-refractivity contribution in [3.8, 4) is 11.3 Å². The van der Waals surface area contributed by atoms with E-state index in [4.69, 9.17) is 0 Å². The molecule has 0 aliphatic heterocycles. The predicted octanol–water partition coefficient (Wildman–Crippen LogP) is 2.20. The second kappa shape index (κ2) is 4.26. The quantitative estimate of drug-likeness (QED) is 0.832. The number of hydrogen-bond donors (Lipinski definition) is 1. The number of nitrogens with zero attached hydrogens (tertiary/aromatic N) is 3. The van der Waals surface area contributed by atoms with Gasteiger partial charge in [-0.25, -0.2) is 9.97 Å². The van der Waals surface area contributed by atoms with Crippen LogP contribution in [0.5, 0.6) is 0 Å². The van der Waals surface area contributed by atoms with Crippen molar-refractivity contribution in [2.24, 2.45) is 0 Å². The second-order valence-electron chi connectivity index (χ2n) is 3.64. The summed E-state index contributed by atoms with van der Waals surface area (Å²) in [4.78, 5) is 12.6. The molecule has 0 radical (unpaired) electrons. The molecule has 0 aliphatic carbocycles. The smallest absolute Gasteiger partial charge is 0.132 e. The number of nitrogens with one attached hydrogen (secondary N) is 1. The van der Waals surface area contributed by atoms with Gasteiger partial charge in [0.15, 0.2) is 0 Å². The molecule has 2 rings (SSSR count). The van der Waals surface area contributed by atoms with Gasteiger partial charge in [-0.15, -0.1) is 0 Å². The van der Waals surface area contributed by atoms with Crippen LogP contribution in [0.1, 0.15) is 11.1 Å². The third-order valence-electron chi connectivity index (χ3n) is 2.62. The van der Waals surface area contributed by atoms with Gasteiger partial charge in [0.1, 0.15) is 12.1 Å². The van der Waals surface area contributed by atoms with Crippen LogP contribution >= 0.6 is 0 Å². The summed E-state index contributed by atoms with van der Waals surface area (Å²) >= 11 is 0. The fourth-order valence-corrected chi connectivity index (χ4v) is 1.69. The molecular weight excluding hydrogens is 200 g/mol. The molecule has 1 N–H and O–H groups in total. The van der Waals surface area contributed by atoms with Crippen LogP contribution in [-0.4, -0.2) is 22.0 Å². The van der Waals surface area contributed by atoms with Gasteiger partial charge in [0.2, 0.25) is 0 Å². The van der Waals surface area contributed by atoms with Crippen molar-refractivity contribution in [1.29, 1.82) is 0 Å².